The maximum atomic E-state index is 5.05. The molecule has 0 saturated heterocycles. The largest absolute Gasteiger partial charge is 0.385 e. The highest BCUT2D eigenvalue weighted by molar-refractivity contribution is 5.57. The van der Waals surface area contributed by atoms with Crippen LogP contribution in [0.25, 0.3) is 0 Å². The molecule has 0 saturated carbocycles. The van der Waals surface area contributed by atoms with Gasteiger partial charge in [0.15, 0.2) is 0 Å². The molecule has 0 aliphatic heterocycles. The Bertz CT molecular complexity index is 396. The van der Waals surface area contributed by atoms with Crippen LogP contribution >= 0.6 is 0 Å². The van der Waals surface area contributed by atoms with Crippen molar-refractivity contribution in [2.45, 2.75) is 46.5 Å². The Hall–Kier alpha value is -1.36. The van der Waals surface area contributed by atoms with Crippen LogP contribution in [0.5, 0.6) is 0 Å². The fraction of sp³-hybridized carbons (Fsp3) is 0.733. The SMILES string of the molecule is CCNc1nc(CC)nc(NCCCCCOC)c1C. The molecule has 0 aliphatic carbocycles. The summed E-state index contributed by atoms with van der Waals surface area (Å²) in [4.78, 5) is 9.11. The number of aryl methyl sites for hydroxylation is 1. The minimum Gasteiger partial charge on any atom is -0.385 e. The minimum absolute atomic E-state index is 0.844. The molecule has 0 aromatic carbocycles. The highest BCUT2D eigenvalue weighted by Crippen LogP contribution is 2.20. The number of anilines is 2. The first-order chi connectivity index (χ1) is 9.72. The van der Waals surface area contributed by atoms with E-state index in [1.54, 1.807) is 7.11 Å². The molecule has 5 nitrogen and oxygen atoms in total. The van der Waals surface area contributed by atoms with Gasteiger partial charge >= 0.3 is 0 Å². The number of aromatic nitrogens is 2. The van der Waals surface area contributed by atoms with E-state index in [0.29, 0.717) is 0 Å². The Balaban J connectivity index is 2.57. The lowest BCUT2D eigenvalue weighted by atomic mass is 10.2. The van der Waals surface area contributed by atoms with Gasteiger partial charge in [-0.1, -0.05) is 6.92 Å². The van der Waals surface area contributed by atoms with E-state index in [-0.39, 0.29) is 0 Å². The summed E-state index contributed by atoms with van der Waals surface area (Å²) in [5.74, 6) is 2.79. The second kappa shape index (κ2) is 9.53. The van der Waals surface area contributed by atoms with E-state index in [1.807, 2.05) is 0 Å². The second-order valence-corrected chi connectivity index (χ2v) is 4.83. The molecule has 114 valence electrons. The predicted octanol–water partition coefficient (Wildman–Crippen LogP) is 3.01. The molecule has 5 heteroatoms. The van der Waals surface area contributed by atoms with E-state index >= 15 is 0 Å². The average Bonchev–Trinajstić information content (AvgIpc) is 2.46. The van der Waals surface area contributed by atoms with E-state index in [2.05, 4.69) is 41.4 Å². The molecule has 0 radical (unpaired) electrons. The zero-order valence-corrected chi connectivity index (χ0v) is 13.3. The first-order valence-electron chi connectivity index (χ1n) is 7.57. The van der Waals surface area contributed by atoms with Gasteiger partial charge < -0.3 is 15.4 Å². The number of nitrogens with zero attached hydrogens (tertiary/aromatic N) is 2. The van der Waals surface area contributed by atoms with Gasteiger partial charge in [-0.05, 0) is 33.1 Å². The zero-order valence-electron chi connectivity index (χ0n) is 13.3. The van der Waals surface area contributed by atoms with Crippen LogP contribution in [0, 0.1) is 6.92 Å². The minimum atomic E-state index is 0.844. The summed E-state index contributed by atoms with van der Waals surface area (Å²) in [6.45, 7) is 8.88. The summed E-state index contributed by atoms with van der Waals surface area (Å²) < 4.78 is 5.05. The maximum Gasteiger partial charge on any atom is 0.134 e. The molecular weight excluding hydrogens is 252 g/mol. The van der Waals surface area contributed by atoms with Crippen LogP contribution < -0.4 is 10.6 Å². The number of hydrogen-bond acceptors (Lipinski definition) is 5. The normalized spacial score (nSPS) is 10.6. The second-order valence-electron chi connectivity index (χ2n) is 4.83. The average molecular weight is 280 g/mol. The highest BCUT2D eigenvalue weighted by atomic mass is 16.5. The summed E-state index contributed by atoms with van der Waals surface area (Å²) in [6.07, 6.45) is 4.27. The van der Waals surface area contributed by atoms with Crippen LogP contribution in [0.1, 0.15) is 44.5 Å². The van der Waals surface area contributed by atoms with E-state index in [1.165, 1.54) is 6.42 Å². The molecule has 1 aromatic rings. The van der Waals surface area contributed by atoms with Gasteiger partial charge in [0.25, 0.3) is 0 Å². The molecular formula is C15H28N4O. The zero-order chi connectivity index (χ0) is 14.8. The van der Waals surface area contributed by atoms with Gasteiger partial charge in [0.1, 0.15) is 17.5 Å². The Morgan fingerprint density at radius 2 is 1.70 bits per heavy atom. The molecule has 0 bridgehead atoms. The van der Waals surface area contributed by atoms with Crippen molar-refractivity contribution in [1.29, 1.82) is 0 Å². The molecule has 0 fully saturated rings. The van der Waals surface area contributed by atoms with Crippen molar-refractivity contribution in [1.82, 2.24) is 9.97 Å². The van der Waals surface area contributed by atoms with Crippen LogP contribution in [0.15, 0.2) is 0 Å². The molecule has 1 rings (SSSR count). The van der Waals surface area contributed by atoms with Gasteiger partial charge in [0.2, 0.25) is 0 Å². The molecule has 2 N–H and O–H groups in total. The van der Waals surface area contributed by atoms with E-state index in [4.69, 9.17) is 4.74 Å². The number of nitrogens with one attached hydrogen (secondary N) is 2. The van der Waals surface area contributed by atoms with Gasteiger partial charge in [-0.2, -0.15) is 0 Å². The van der Waals surface area contributed by atoms with Crippen molar-refractivity contribution in [2.75, 3.05) is 37.4 Å². The van der Waals surface area contributed by atoms with Crippen molar-refractivity contribution < 1.29 is 4.74 Å². The van der Waals surface area contributed by atoms with Crippen molar-refractivity contribution in [3.05, 3.63) is 11.4 Å². The van der Waals surface area contributed by atoms with Crippen LogP contribution in [0.4, 0.5) is 11.6 Å². The van der Waals surface area contributed by atoms with E-state index in [0.717, 1.165) is 62.0 Å². The van der Waals surface area contributed by atoms with Crippen molar-refractivity contribution in [3.8, 4) is 0 Å². The predicted molar refractivity (Wildman–Crippen MR) is 84.5 cm³/mol. The molecule has 1 heterocycles. The van der Waals surface area contributed by atoms with Gasteiger partial charge in [-0.3, -0.25) is 0 Å². The monoisotopic (exact) mass is 280 g/mol. The fourth-order valence-electron chi connectivity index (χ4n) is 1.99. The van der Waals surface area contributed by atoms with E-state index < -0.39 is 0 Å². The molecule has 0 aliphatic rings. The molecule has 0 spiro atoms. The fourth-order valence-corrected chi connectivity index (χ4v) is 1.99. The van der Waals surface area contributed by atoms with Crippen LogP contribution in [-0.2, 0) is 11.2 Å². The van der Waals surface area contributed by atoms with Crippen molar-refractivity contribution in [2.24, 2.45) is 0 Å². The van der Waals surface area contributed by atoms with Crippen molar-refractivity contribution >= 4 is 11.6 Å². The van der Waals surface area contributed by atoms with Gasteiger partial charge in [-0.25, -0.2) is 9.97 Å². The number of unbranched alkanes of at least 4 members (excludes halogenated alkanes) is 2. The molecule has 20 heavy (non-hydrogen) atoms. The Kier molecular flexibility index (Phi) is 7.95. The van der Waals surface area contributed by atoms with Crippen LogP contribution in [0.3, 0.4) is 0 Å². The first kappa shape index (κ1) is 16.7. The summed E-state index contributed by atoms with van der Waals surface area (Å²) in [5, 5.41) is 6.73. The summed E-state index contributed by atoms with van der Waals surface area (Å²) in [5.41, 5.74) is 1.10. The first-order valence-corrected chi connectivity index (χ1v) is 7.57. The third-order valence-corrected chi connectivity index (χ3v) is 3.17. The smallest absolute Gasteiger partial charge is 0.134 e. The lowest BCUT2D eigenvalue weighted by Gasteiger charge is -2.14. The Labute approximate surface area is 122 Å². The maximum absolute atomic E-state index is 5.05. The molecule has 0 unspecified atom stereocenters. The van der Waals surface area contributed by atoms with Crippen LogP contribution in [0.2, 0.25) is 0 Å². The summed E-state index contributed by atoms with van der Waals surface area (Å²) in [6, 6.07) is 0. The third kappa shape index (κ3) is 5.33. The number of rotatable bonds is 10. The lowest BCUT2D eigenvalue weighted by molar-refractivity contribution is 0.192. The van der Waals surface area contributed by atoms with Crippen LogP contribution in [-0.4, -0.2) is 36.8 Å². The standard InChI is InChI=1S/C15H28N4O/c1-5-13-18-14(16-6-2)12(3)15(19-13)17-10-8-7-9-11-20-4/h5-11H2,1-4H3,(H2,16,17,18,19). The molecule has 0 atom stereocenters. The van der Waals surface area contributed by atoms with Crippen molar-refractivity contribution in [3.63, 3.8) is 0 Å². The topological polar surface area (TPSA) is 59.1 Å². The highest BCUT2D eigenvalue weighted by Gasteiger charge is 2.09. The molecule has 0 amide bonds. The molecule has 1 aromatic heterocycles. The van der Waals surface area contributed by atoms with Gasteiger partial charge in [0.05, 0.1) is 0 Å². The Morgan fingerprint density at radius 3 is 2.30 bits per heavy atom. The summed E-state index contributed by atoms with van der Waals surface area (Å²) >= 11 is 0. The number of hydrogen-bond donors (Lipinski definition) is 2. The third-order valence-electron chi connectivity index (χ3n) is 3.17. The number of ether oxygens (including phenoxy) is 1. The van der Waals surface area contributed by atoms with E-state index in [9.17, 15) is 0 Å². The lowest BCUT2D eigenvalue weighted by Crippen LogP contribution is -2.11. The summed E-state index contributed by atoms with van der Waals surface area (Å²) in [7, 11) is 1.75. The Morgan fingerprint density at radius 1 is 1.00 bits per heavy atom. The quantitative estimate of drug-likeness (QED) is 0.645. The van der Waals surface area contributed by atoms with Gasteiger partial charge in [-0.15, -0.1) is 0 Å². The number of methoxy groups -OCH3 is 1. The van der Waals surface area contributed by atoms with Gasteiger partial charge in [0, 0.05) is 38.8 Å².